The average Bonchev–Trinajstić information content (AvgIpc) is 2.29. The highest BCUT2D eigenvalue weighted by Gasteiger charge is 2.83. The van der Waals surface area contributed by atoms with Gasteiger partial charge < -0.3 is 5.11 Å². The van der Waals surface area contributed by atoms with E-state index in [-0.39, 0.29) is 0 Å². The standard InChI is InChI=1S/C9H8F12O/c10-4(5(11,2-1-3-22)7(13,14)15)6(12,8(16,17)18)9(19,20)21/h4,22H,1-3H2. The number of aliphatic hydroxyl groups excluding tert-OH is 1. The van der Waals surface area contributed by atoms with Crippen molar-refractivity contribution in [1.82, 2.24) is 0 Å². The van der Waals surface area contributed by atoms with E-state index in [1.807, 2.05) is 0 Å². The molecule has 1 N–H and O–H groups in total. The maximum Gasteiger partial charge on any atom is 0.434 e. The molecule has 0 saturated heterocycles. The quantitative estimate of drug-likeness (QED) is 0.729. The first-order valence-electron chi connectivity index (χ1n) is 5.29. The molecule has 0 saturated carbocycles. The molecule has 13 heteroatoms. The number of alkyl halides is 12. The van der Waals surface area contributed by atoms with Crippen LogP contribution in [-0.4, -0.2) is 47.8 Å². The molecule has 0 amide bonds. The van der Waals surface area contributed by atoms with E-state index in [0.29, 0.717) is 0 Å². The smallest absolute Gasteiger partial charge is 0.396 e. The van der Waals surface area contributed by atoms with Gasteiger partial charge in [-0.15, -0.1) is 0 Å². The summed E-state index contributed by atoms with van der Waals surface area (Å²) >= 11 is 0. The van der Waals surface area contributed by atoms with Gasteiger partial charge in [-0.1, -0.05) is 0 Å². The molecule has 0 aliphatic rings. The third-order valence-corrected chi connectivity index (χ3v) is 2.75. The summed E-state index contributed by atoms with van der Waals surface area (Å²) < 4.78 is 150. The van der Waals surface area contributed by atoms with Crippen molar-refractivity contribution < 1.29 is 57.8 Å². The second-order valence-electron chi connectivity index (χ2n) is 4.26. The van der Waals surface area contributed by atoms with E-state index in [1.54, 1.807) is 0 Å². The van der Waals surface area contributed by atoms with Gasteiger partial charge in [0.15, 0.2) is 6.17 Å². The molecule has 2 unspecified atom stereocenters. The van der Waals surface area contributed by atoms with Crippen molar-refractivity contribution in [3.8, 4) is 0 Å². The van der Waals surface area contributed by atoms with Crippen molar-refractivity contribution in [1.29, 1.82) is 0 Å². The van der Waals surface area contributed by atoms with Crippen LogP contribution in [0.3, 0.4) is 0 Å². The summed E-state index contributed by atoms with van der Waals surface area (Å²) in [5.41, 5.74) is -12.9. The predicted molar refractivity (Wildman–Crippen MR) is 47.1 cm³/mol. The zero-order chi connectivity index (χ0) is 18.2. The minimum absolute atomic E-state index is 1.30. The number of rotatable bonds is 5. The molecule has 22 heavy (non-hydrogen) atoms. The zero-order valence-corrected chi connectivity index (χ0v) is 10.2. The van der Waals surface area contributed by atoms with Crippen molar-refractivity contribution in [2.24, 2.45) is 0 Å². The van der Waals surface area contributed by atoms with E-state index in [9.17, 15) is 52.7 Å². The Kier molecular flexibility index (Phi) is 5.72. The molecular formula is C9H8F12O. The predicted octanol–water partition coefficient (Wildman–Crippen LogP) is 4.20. The molecule has 2 atom stereocenters. The molecule has 0 rings (SSSR count). The van der Waals surface area contributed by atoms with Crippen LogP contribution < -0.4 is 0 Å². The largest absolute Gasteiger partial charge is 0.434 e. The normalized spacial score (nSPS) is 19.0. The van der Waals surface area contributed by atoms with E-state index in [2.05, 4.69) is 0 Å². The summed E-state index contributed by atoms with van der Waals surface area (Å²) in [7, 11) is 0. The van der Waals surface area contributed by atoms with Gasteiger partial charge in [0, 0.05) is 6.61 Å². The van der Waals surface area contributed by atoms with Crippen LogP contribution in [0.2, 0.25) is 0 Å². The van der Waals surface area contributed by atoms with E-state index >= 15 is 0 Å². The summed E-state index contributed by atoms with van der Waals surface area (Å²) in [5, 5.41) is 8.20. The lowest BCUT2D eigenvalue weighted by Gasteiger charge is -2.39. The van der Waals surface area contributed by atoms with Crippen LogP contribution in [0.5, 0.6) is 0 Å². The van der Waals surface area contributed by atoms with Gasteiger partial charge in [0.05, 0.1) is 0 Å². The summed E-state index contributed by atoms with van der Waals surface area (Å²) in [5.74, 6) is 0. The van der Waals surface area contributed by atoms with Gasteiger partial charge in [-0.2, -0.15) is 39.5 Å². The molecule has 0 spiro atoms. The fraction of sp³-hybridized carbons (Fsp3) is 1.00. The molecule has 0 aliphatic heterocycles. The van der Waals surface area contributed by atoms with Crippen molar-refractivity contribution in [2.75, 3.05) is 6.61 Å². The molecule has 1 nitrogen and oxygen atoms in total. The van der Waals surface area contributed by atoms with Crippen LogP contribution in [0.4, 0.5) is 52.7 Å². The van der Waals surface area contributed by atoms with Gasteiger partial charge in [-0.05, 0) is 12.8 Å². The van der Waals surface area contributed by atoms with Crippen molar-refractivity contribution in [3.63, 3.8) is 0 Å². The number of hydrogen-bond acceptors (Lipinski definition) is 1. The number of halogens is 12. The van der Waals surface area contributed by atoms with Crippen molar-refractivity contribution in [3.05, 3.63) is 0 Å². The Morgan fingerprint density at radius 3 is 1.27 bits per heavy atom. The van der Waals surface area contributed by atoms with Crippen LogP contribution >= 0.6 is 0 Å². The fourth-order valence-corrected chi connectivity index (χ4v) is 1.51. The van der Waals surface area contributed by atoms with E-state index < -0.39 is 55.5 Å². The monoisotopic (exact) mass is 360 g/mol. The molecule has 134 valence electrons. The Morgan fingerprint density at radius 2 is 1.05 bits per heavy atom. The highest BCUT2D eigenvalue weighted by molar-refractivity contribution is 5.11. The number of hydrogen-bond donors (Lipinski definition) is 1. The molecule has 0 heterocycles. The lowest BCUT2D eigenvalue weighted by Crippen LogP contribution is -2.68. The average molecular weight is 360 g/mol. The van der Waals surface area contributed by atoms with Gasteiger partial charge in [-0.3, -0.25) is 0 Å². The van der Waals surface area contributed by atoms with E-state index in [0.717, 1.165) is 0 Å². The second-order valence-corrected chi connectivity index (χ2v) is 4.26. The van der Waals surface area contributed by atoms with Crippen molar-refractivity contribution in [2.45, 2.75) is 48.9 Å². The third kappa shape index (κ3) is 3.38. The van der Waals surface area contributed by atoms with E-state index in [4.69, 9.17) is 5.11 Å². The van der Waals surface area contributed by atoms with Crippen LogP contribution in [0.15, 0.2) is 0 Å². The van der Waals surface area contributed by atoms with Gasteiger partial charge in [-0.25, -0.2) is 13.2 Å². The summed E-state index contributed by atoms with van der Waals surface area (Å²) in [4.78, 5) is 0. The molecular weight excluding hydrogens is 352 g/mol. The third-order valence-electron chi connectivity index (χ3n) is 2.75. The Bertz CT molecular complexity index is 354. The SMILES string of the molecule is OCCCC(F)(C(F)C(F)(C(F)(F)F)C(F)(F)F)C(F)(F)F. The first-order valence-corrected chi connectivity index (χ1v) is 5.29. The van der Waals surface area contributed by atoms with Crippen molar-refractivity contribution >= 4 is 0 Å². The highest BCUT2D eigenvalue weighted by atomic mass is 19.4. The minimum atomic E-state index is -7.19. The van der Waals surface area contributed by atoms with E-state index in [1.165, 1.54) is 0 Å². The first-order chi connectivity index (χ1) is 9.47. The number of aliphatic hydroxyl groups is 1. The van der Waals surface area contributed by atoms with Gasteiger partial charge in [0.25, 0.3) is 0 Å². The highest BCUT2D eigenvalue weighted by Crippen LogP contribution is 2.56. The van der Waals surface area contributed by atoms with Crippen LogP contribution in [0, 0.1) is 0 Å². The molecule has 0 radical (unpaired) electrons. The zero-order valence-electron chi connectivity index (χ0n) is 10.2. The van der Waals surface area contributed by atoms with Crippen LogP contribution in [-0.2, 0) is 0 Å². The maximum atomic E-state index is 13.6. The molecule has 0 aromatic rings. The Balaban J connectivity index is 6.14. The lowest BCUT2D eigenvalue weighted by atomic mass is 9.82. The van der Waals surface area contributed by atoms with Crippen LogP contribution in [0.1, 0.15) is 12.8 Å². The maximum absolute atomic E-state index is 13.6. The molecule has 0 aliphatic carbocycles. The minimum Gasteiger partial charge on any atom is -0.396 e. The summed E-state index contributed by atoms with van der Waals surface area (Å²) in [6.45, 7) is -1.30. The Hall–Kier alpha value is -0.880. The molecule has 0 bridgehead atoms. The summed E-state index contributed by atoms with van der Waals surface area (Å²) in [6.07, 6.45) is -30.3. The Labute approximate surface area is 114 Å². The van der Waals surface area contributed by atoms with Gasteiger partial charge in [0.2, 0.25) is 5.67 Å². The van der Waals surface area contributed by atoms with Gasteiger partial charge in [0.1, 0.15) is 0 Å². The van der Waals surface area contributed by atoms with Crippen LogP contribution in [0.25, 0.3) is 0 Å². The molecule has 0 aromatic heterocycles. The Morgan fingerprint density at radius 1 is 0.682 bits per heavy atom. The summed E-state index contributed by atoms with van der Waals surface area (Å²) in [6, 6.07) is 0. The topological polar surface area (TPSA) is 20.2 Å². The second kappa shape index (κ2) is 5.96. The van der Waals surface area contributed by atoms with Gasteiger partial charge >= 0.3 is 24.2 Å². The molecule has 0 aromatic carbocycles. The lowest BCUT2D eigenvalue weighted by molar-refractivity contribution is -0.383. The molecule has 0 fully saturated rings. The first kappa shape index (κ1) is 21.1. The fourth-order valence-electron chi connectivity index (χ4n) is 1.51.